The number of rotatable bonds is 5. The summed E-state index contributed by atoms with van der Waals surface area (Å²) in [5.41, 5.74) is 0.450. The van der Waals surface area contributed by atoms with Gasteiger partial charge in [-0.3, -0.25) is 0 Å². The number of carboxylic acids is 1. The van der Waals surface area contributed by atoms with Crippen LogP contribution in [0.1, 0.15) is 28.2 Å². The van der Waals surface area contributed by atoms with Crippen molar-refractivity contribution in [2.24, 2.45) is 0 Å². The summed E-state index contributed by atoms with van der Waals surface area (Å²) in [6, 6.07) is 6.08. The summed E-state index contributed by atoms with van der Waals surface area (Å²) in [4.78, 5) is 10.5. The number of halogens is 1. The minimum absolute atomic E-state index is 0.256. The highest BCUT2D eigenvalue weighted by molar-refractivity contribution is 7.89. The summed E-state index contributed by atoms with van der Waals surface area (Å²) >= 11 is 0.831. The lowest BCUT2D eigenvalue weighted by Gasteiger charge is -2.14. The molecule has 2 N–H and O–H groups in total. The van der Waals surface area contributed by atoms with Gasteiger partial charge in [0.25, 0.3) is 0 Å². The fraction of sp³-hybridized carbons (Fsp3) is 0.154. The Morgan fingerprint density at radius 2 is 2.10 bits per heavy atom. The topological polar surface area (TPSA) is 83.5 Å². The van der Waals surface area contributed by atoms with Crippen LogP contribution in [0.5, 0.6) is 0 Å². The molecule has 0 bridgehead atoms. The van der Waals surface area contributed by atoms with Gasteiger partial charge in [0.2, 0.25) is 10.0 Å². The predicted molar refractivity (Wildman–Crippen MR) is 76.4 cm³/mol. The molecule has 0 fully saturated rings. The highest BCUT2D eigenvalue weighted by Gasteiger charge is 2.25. The van der Waals surface area contributed by atoms with Gasteiger partial charge in [-0.2, -0.15) is 0 Å². The van der Waals surface area contributed by atoms with Crippen LogP contribution in [-0.2, 0) is 10.0 Å². The van der Waals surface area contributed by atoms with E-state index in [1.807, 2.05) is 0 Å². The van der Waals surface area contributed by atoms with Crippen LogP contribution in [0.25, 0.3) is 0 Å². The fourth-order valence-electron chi connectivity index (χ4n) is 1.81. The molecule has 1 aromatic carbocycles. The summed E-state index contributed by atoms with van der Waals surface area (Å²) in [6.45, 7) is 1.55. The number of carbonyl (C=O) groups is 1. The van der Waals surface area contributed by atoms with Gasteiger partial charge < -0.3 is 5.11 Å². The van der Waals surface area contributed by atoms with Crippen LogP contribution in [0.4, 0.5) is 4.39 Å². The zero-order valence-corrected chi connectivity index (χ0v) is 12.5. The third kappa shape index (κ3) is 3.46. The maximum Gasteiger partial charge on any atom is 0.347 e. The van der Waals surface area contributed by atoms with Gasteiger partial charge in [-0.25, -0.2) is 22.3 Å². The zero-order valence-electron chi connectivity index (χ0n) is 10.9. The first-order valence-electron chi connectivity index (χ1n) is 5.90. The second-order valence-corrected chi connectivity index (χ2v) is 6.92. The minimum atomic E-state index is -4.00. The highest BCUT2D eigenvalue weighted by Crippen LogP contribution is 2.24. The van der Waals surface area contributed by atoms with Crippen molar-refractivity contribution in [3.63, 3.8) is 0 Å². The van der Waals surface area contributed by atoms with E-state index in [2.05, 4.69) is 4.72 Å². The number of hydrogen-bond acceptors (Lipinski definition) is 4. The van der Waals surface area contributed by atoms with Crippen molar-refractivity contribution >= 4 is 27.3 Å². The first kappa shape index (κ1) is 15.6. The zero-order chi connectivity index (χ0) is 15.6. The van der Waals surface area contributed by atoms with Crippen molar-refractivity contribution in [2.45, 2.75) is 17.9 Å². The van der Waals surface area contributed by atoms with Gasteiger partial charge in [0, 0.05) is 6.04 Å². The van der Waals surface area contributed by atoms with E-state index in [1.54, 1.807) is 13.0 Å². The Morgan fingerprint density at radius 3 is 2.71 bits per heavy atom. The molecule has 0 saturated heterocycles. The van der Waals surface area contributed by atoms with E-state index in [0.29, 0.717) is 5.56 Å². The quantitative estimate of drug-likeness (QED) is 0.883. The molecule has 2 rings (SSSR count). The molecule has 0 aliphatic heterocycles. The van der Waals surface area contributed by atoms with Crippen LogP contribution in [0.15, 0.2) is 40.6 Å². The Bertz CT molecular complexity index is 770. The summed E-state index contributed by atoms with van der Waals surface area (Å²) in [7, 11) is -4.00. The van der Waals surface area contributed by atoms with Crippen molar-refractivity contribution < 1.29 is 22.7 Å². The van der Waals surface area contributed by atoms with E-state index in [4.69, 9.17) is 5.11 Å². The predicted octanol–water partition coefficient (Wildman–Crippen LogP) is 2.62. The fourth-order valence-corrected chi connectivity index (χ4v) is 4.30. The number of hydrogen-bond donors (Lipinski definition) is 2. The molecule has 0 radical (unpaired) electrons. The second-order valence-electron chi connectivity index (χ2n) is 4.32. The number of aromatic carboxylic acids is 1. The average molecular weight is 329 g/mol. The molecule has 0 aliphatic carbocycles. The van der Waals surface area contributed by atoms with Crippen LogP contribution in [0.3, 0.4) is 0 Å². The van der Waals surface area contributed by atoms with Crippen molar-refractivity contribution in [3.8, 4) is 0 Å². The lowest BCUT2D eigenvalue weighted by molar-refractivity contribution is 0.0698. The van der Waals surface area contributed by atoms with Crippen LogP contribution in [-0.4, -0.2) is 19.5 Å². The minimum Gasteiger partial charge on any atom is -0.477 e. The second kappa shape index (κ2) is 5.92. The molecule has 1 heterocycles. The molecule has 0 aliphatic rings. The molecular formula is C13H12FNO4S2. The Kier molecular flexibility index (Phi) is 4.40. The molecule has 21 heavy (non-hydrogen) atoms. The molecule has 0 spiro atoms. The molecular weight excluding hydrogens is 317 g/mol. The van der Waals surface area contributed by atoms with E-state index in [-0.39, 0.29) is 9.77 Å². The molecule has 8 heteroatoms. The molecule has 112 valence electrons. The van der Waals surface area contributed by atoms with Crippen molar-refractivity contribution in [1.82, 2.24) is 4.72 Å². The molecule has 0 unspecified atom stereocenters. The Balaban J connectivity index is 2.29. The van der Waals surface area contributed by atoms with Gasteiger partial charge in [-0.15, -0.1) is 11.3 Å². The summed E-state index contributed by atoms with van der Waals surface area (Å²) in [6.07, 6.45) is 0. The molecule has 0 amide bonds. The maximum atomic E-state index is 13.2. The van der Waals surface area contributed by atoms with E-state index in [0.717, 1.165) is 11.3 Å². The normalized spacial score (nSPS) is 13.0. The van der Waals surface area contributed by atoms with Gasteiger partial charge in [0.1, 0.15) is 15.6 Å². The van der Waals surface area contributed by atoms with Gasteiger partial charge >= 0.3 is 5.97 Å². The maximum absolute atomic E-state index is 13.2. The number of carboxylic acid groups (broad SMARTS) is 1. The molecule has 1 atom stereocenters. The van der Waals surface area contributed by atoms with Crippen LogP contribution < -0.4 is 4.72 Å². The number of sulfonamides is 1. The van der Waals surface area contributed by atoms with Gasteiger partial charge in [-0.05, 0) is 36.1 Å². The van der Waals surface area contributed by atoms with Crippen molar-refractivity contribution in [1.29, 1.82) is 0 Å². The number of benzene rings is 1. The Hall–Kier alpha value is -1.77. The van der Waals surface area contributed by atoms with Crippen LogP contribution >= 0.6 is 11.3 Å². The van der Waals surface area contributed by atoms with Gasteiger partial charge in [0.05, 0.1) is 0 Å². The van der Waals surface area contributed by atoms with Gasteiger partial charge in [-0.1, -0.05) is 12.1 Å². The van der Waals surface area contributed by atoms with E-state index >= 15 is 0 Å². The van der Waals surface area contributed by atoms with E-state index in [1.165, 1.54) is 29.6 Å². The number of nitrogens with one attached hydrogen (secondary N) is 1. The Labute approximate surface area is 125 Å². The molecule has 1 aromatic heterocycles. The third-order valence-electron chi connectivity index (χ3n) is 2.79. The Morgan fingerprint density at radius 1 is 1.38 bits per heavy atom. The summed E-state index contributed by atoms with van der Waals surface area (Å²) in [5, 5.41) is 10.4. The van der Waals surface area contributed by atoms with E-state index < -0.39 is 27.9 Å². The van der Waals surface area contributed by atoms with E-state index in [9.17, 15) is 17.6 Å². The molecule has 2 aromatic rings. The smallest absolute Gasteiger partial charge is 0.347 e. The SMILES string of the molecule is C[C@H](NS(=O)(=O)c1ccsc1C(=O)O)c1cccc(F)c1. The van der Waals surface area contributed by atoms with Crippen LogP contribution in [0, 0.1) is 5.82 Å². The van der Waals surface area contributed by atoms with Crippen LogP contribution in [0.2, 0.25) is 0 Å². The van der Waals surface area contributed by atoms with Gasteiger partial charge in [0.15, 0.2) is 0 Å². The molecule has 5 nitrogen and oxygen atoms in total. The lowest BCUT2D eigenvalue weighted by Crippen LogP contribution is -2.27. The lowest BCUT2D eigenvalue weighted by atomic mass is 10.1. The standard InChI is InChI=1S/C13H12FNO4S2/c1-8(9-3-2-4-10(14)7-9)15-21(18,19)11-5-6-20-12(11)13(16)17/h2-8,15H,1H3,(H,16,17)/t8-/m0/s1. The average Bonchev–Trinajstić information content (AvgIpc) is 2.88. The first-order chi connectivity index (χ1) is 9.81. The third-order valence-corrected chi connectivity index (χ3v) is 5.41. The largest absolute Gasteiger partial charge is 0.477 e. The first-order valence-corrected chi connectivity index (χ1v) is 8.26. The summed E-state index contributed by atoms with van der Waals surface area (Å²) in [5.74, 6) is -1.77. The highest BCUT2D eigenvalue weighted by atomic mass is 32.2. The van der Waals surface area contributed by atoms with Crippen molar-refractivity contribution in [3.05, 3.63) is 52.0 Å². The monoisotopic (exact) mass is 329 g/mol. The summed E-state index contributed by atoms with van der Waals surface area (Å²) < 4.78 is 39.9. The molecule has 0 saturated carbocycles. The number of thiophene rings is 1. The van der Waals surface area contributed by atoms with Crippen molar-refractivity contribution in [2.75, 3.05) is 0 Å².